The zero-order chi connectivity index (χ0) is 39.4. The maximum Gasteiger partial charge on any atom is 0.278 e. The number of nitrogens with zero attached hydrogens (tertiary/aromatic N) is 8. The number of benzene rings is 2. The Morgan fingerprint density at radius 2 is 1.71 bits per heavy atom. The van der Waals surface area contributed by atoms with Crippen LogP contribution in [0.5, 0.6) is 0 Å². The molecule has 4 aliphatic heterocycles. The number of nitrogens with one attached hydrogen (secondary N) is 2. The van der Waals surface area contributed by atoms with E-state index in [4.69, 9.17) is 9.97 Å². The zero-order valence-corrected chi connectivity index (χ0v) is 33.7. The second-order valence-electron chi connectivity index (χ2n) is 17.7. The summed E-state index contributed by atoms with van der Waals surface area (Å²) in [5.74, 6) is 2.34. The molecule has 302 valence electrons. The van der Waals surface area contributed by atoms with Gasteiger partial charge in [-0.1, -0.05) is 31.2 Å². The summed E-state index contributed by atoms with van der Waals surface area (Å²) in [4.78, 5) is 35.6. The third-order valence-electron chi connectivity index (χ3n) is 13.8. The second kappa shape index (κ2) is 15.0. The molecule has 0 saturated carbocycles. The average molecular weight is 781 g/mol. The number of hydrogen-bond donors (Lipinski definition) is 3. The minimum Gasteiger partial charge on any atom is -0.384 e. The molecule has 1 aliphatic carbocycles. The number of piperidine rings is 2. The van der Waals surface area contributed by atoms with Crippen LogP contribution in [0, 0.1) is 11.3 Å². The van der Waals surface area contributed by atoms with Crippen molar-refractivity contribution in [1.82, 2.24) is 34.5 Å². The van der Waals surface area contributed by atoms with Gasteiger partial charge in [0.25, 0.3) is 5.56 Å². The summed E-state index contributed by atoms with van der Waals surface area (Å²) in [6.45, 7) is 16.6. The molecule has 12 nitrogen and oxygen atoms in total. The first-order chi connectivity index (χ1) is 28.3. The summed E-state index contributed by atoms with van der Waals surface area (Å²) >= 11 is 0. The number of aliphatic hydroxyl groups is 1. The van der Waals surface area contributed by atoms with Crippen LogP contribution < -0.4 is 26.0 Å². The van der Waals surface area contributed by atoms with Crippen LogP contribution in [0.15, 0.2) is 84.3 Å². The summed E-state index contributed by atoms with van der Waals surface area (Å²) in [5, 5.41) is 18.6. The van der Waals surface area contributed by atoms with Crippen LogP contribution in [0.2, 0.25) is 0 Å². The standard InChI is InChI=1S/C46H56N10O2/c1-3-22-55-43(57)39-26-48-44(51-42(39)56(55)40-16-9-34-17-20-46(58,4-2)41(34)50-40)49-36-10-14-37(15-11-36)53-23-18-32(19-24-53)27-52-28-45(29-52)30-54(31-45)38-12-7-33(8-13-38)35-6-5-21-47-25-35/h3,7-16,26,32,35,47,58H,1,4-6,17-25,27-31H2,2H3,(H,48,49,51)/t35?,46-/m1/s1. The van der Waals surface area contributed by atoms with Gasteiger partial charge in [-0.3, -0.25) is 4.79 Å². The first-order valence-corrected chi connectivity index (χ1v) is 21.5. The third kappa shape index (κ3) is 6.78. The van der Waals surface area contributed by atoms with Crippen molar-refractivity contribution < 1.29 is 5.11 Å². The lowest BCUT2D eigenvalue weighted by atomic mass is 9.72. The number of rotatable bonds is 11. The van der Waals surface area contributed by atoms with Crippen LogP contribution in [0.3, 0.4) is 0 Å². The van der Waals surface area contributed by atoms with Crippen molar-refractivity contribution in [2.75, 3.05) is 74.0 Å². The topological polar surface area (TPSA) is 120 Å². The minimum atomic E-state index is -0.973. The Balaban J connectivity index is 0.733. The van der Waals surface area contributed by atoms with Crippen LogP contribution in [0.25, 0.3) is 16.9 Å². The van der Waals surface area contributed by atoms with Gasteiger partial charge in [-0.15, -0.1) is 6.58 Å². The fourth-order valence-corrected chi connectivity index (χ4v) is 10.5. The molecule has 5 aromatic rings. The van der Waals surface area contributed by atoms with Gasteiger partial charge < -0.3 is 30.4 Å². The first-order valence-electron chi connectivity index (χ1n) is 21.5. The van der Waals surface area contributed by atoms with Gasteiger partial charge in [-0.05, 0) is 117 Å². The Kier molecular flexibility index (Phi) is 9.61. The molecule has 0 amide bonds. The van der Waals surface area contributed by atoms with Crippen LogP contribution >= 0.6 is 0 Å². The number of allylic oxidation sites excluding steroid dienone is 1. The highest BCUT2D eigenvalue weighted by molar-refractivity contribution is 5.77. The lowest BCUT2D eigenvalue weighted by molar-refractivity contribution is -0.0323. The van der Waals surface area contributed by atoms with E-state index in [1.54, 1.807) is 21.6 Å². The quantitative estimate of drug-likeness (QED) is 0.139. The number of aryl methyl sites for hydroxylation is 1. The van der Waals surface area contributed by atoms with Crippen LogP contribution in [-0.4, -0.2) is 93.2 Å². The molecule has 3 N–H and O–H groups in total. The van der Waals surface area contributed by atoms with Crippen molar-refractivity contribution in [2.45, 2.75) is 69.9 Å². The largest absolute Gasteiger partial charge is 0.384 e. The molecule has 0 bridgehead atoms. The van der Waals surface area contributed by atoms with E-state index >= 15 is 0 Å². The molecule has 7 heterocycles. The van der Waals surface area contributed by atoms with E-state index in [0.29, 0.717) is 52.7 Å². The predicted molar refractivity (Wildman–Crippen MR) is 231 cm³/mol. The SMILES string of the molecule is C=CCn1c(=O)c2cnc(Nc3ccc(N4CCC(CN5CC6(C5)CN(c5ccc(C7CCCNC7)cc5)C6)CC4)cc3)nc2n1-c1ccc2c(n1)[C@@](O)(CC)CC2. The average Bonchev–Trinajstić information content (AvgIpc) is 3.71. The number of anilines is 4. The fraction of sp³-hybridized carbons (Fsp3) is 0.478. The molecule has 2 aromatic carbocycles. The maximum atomic E-state index is 13.5. The molecular formula is C46H56N10O2. The van der Waals surface area contributed by atoms with Gasteiger partial charge in [0.2, 0.25) is 5.95 Å². The molecule has 2 atom stereocenters. The van der Waals surface area contributed by atoms with Gasteiger partial charge in [0.1, 0.15) is 11.0 Å². The highest BCUT2D eigenvalue weighted by Crippen LogP contribution is 2.43. The monoisotopic (exact) mass is 780 g/mol. The molecule has 3 aromatic heterocycles. The summed E-state index contributed by atoms with van der Waals surface area (Å²) in [6.07, 6.45) is 10.3. The van der Waals surface area contributed by atoms with Gasteiger partial charge in [-0.25, -0.2) is 19.3 Å². The van der Waals surface area contributed by atoms with E-state index in [2.05, 4.69) is 85.4 Å². The molecule has 10 rings (SSSR count). The third-order valence-corrected chi connectivity index (χ3v) is 13.8. The van der Waals surface area contributed by atoms with Crippen molar-refractivity contribution in [3.05, 3.63) is 107 Å². The van der Waals surface area contributed by atoms with Crippen molar-refractivity contribution in [2.24, 2.45) is 11.3 Å². The van der Waals surface area contributed by atoms with E-state index in [1.165, 1.54) is 75.3 Å². The molecule has 12 heteroatoms. The molecule has 1 spiro atoms. The van der Waals surface area contributed by atoms with Gasteiger partial charge in [0.15, 0.2) is 11.5 Å². The molecule has 4 fully saturated rings. The van der Waals surface area contributed by atoms with Crippen molar-refractivity contribution in [3.63, 3.8) is 0 Å². The number of pyridine rings is 1. The summed E-state index contributed by atoms with van der Waals surface area (Å²) in [7, 11) is 0. The van der Waals surface area contributed by atoms with E-state index in [9.17, 15) is 9.90 Å². The highest BCUT2D eigenvalue weighted by Gasteiger charge is 2.51. The predicted octanol–water partition coefficient (Wildman–Crippen LogP) is 5.96. The smallest absolute Gasteiger partial charge is 0.278 e. The van der Waals surface area contributed by atoms with E-state index in [0.717, 1.165) is 49.8 Å². The number of fused-ring (bicyclic) bond motifs is 2. The van der Waals surface area contributed by atoms with E-state index < -0.39 is 5.60 Å². The fourth-order valence-electron chi connectivity index (χ4n) is 10.5. The normalized spacial score (nSPS) is 23.2. The zero-order valence-electron chi connectivity index (χ0n) is 33.7. The molecule has 1 unspecified atom stereocenters. The maximum absolute atomic E-state index is 13.5. The molecule has 5 aliphatic rings. The second-order valence-corrected chi connectivity index (χ2v) is 17.7. The Morgan fingerprint density at radius 1 is 0.948 bits per heavy atom. The van der Waals surface area contributed by atoms with Gasteiger partial charge in [0, 0.05) is 81.0 Å². The number of hydrogen-bond acceptors (Lipinski definition) is 10. The summed E-state index contributed by atoms with van der Waals surface area (Å²) in [5.41, 5.74) is 6.46. The minimum absolute atomic E-state index is 0.217. The lowest BCUT2D eigenvalue weighted by Crippen LogP contribution is -2.72. The Morgan fingerprint density at radius 3 is 2.43 bits per heavy atom. The lowest BCUT2D eigenvalue weighted by Gasteiger charge is -2.61. The van der Waals surface area contributed by atoms with Crippen LogP contribution in [-0.2, 0) is 18.6 Å². The van der Waals surface area contributed by atoms with Gasteiger partial charge in [-0.2, -0.15) is 4.98 Å². The van der Waals surface area contributed by atoms with Crippen molar-refractivity contribution in [1.29, 1.82) is 0 Å². The molecule has 0 radical (unpaired) electrons. The summed E-state index contributed by atoms with van der Waals surface area (Å²) < 4.78 is 3.30. The Labute approximate surface area is 340 Å². The van der Waals surface area contributed by atoms with Gasteiger partial charge >= 0.3 is 0 Å². The van der Waals surface area contributed by atoms with E-state index in [-0.39, 0.29) is 12.1 Å². The molecule has 4 saturated heterocycles. The van der Waals surface area contributed by atoms with Crippen molar-refractivity contribution in [3.8, 4) is 5.82 Å². The molecule has 58 heavy (non-hydrogen) atoms. The highest BCUT2D eigenvalue weighted by atomic mass is 16.3. The number of likely N-dealkylation sites (tertiary alicyclic amines) is 1. The molecular weight excluding hydrogens is 725 g/mol. The van der Waals surface area contributed by atoms with Crippen LogP contribution in [0.4, 0.5) is 23.0 Å². The van der Waals surface area contributed by atoms with Gasteiger partial charge in [0.05, 0.1) is 12.2 Å². The van der Waals surface area contributed by atoms with Crippen molar-refractivity contribution >= 4 is 34.0 Å². The number of aromatic nitrogens is 5. The van der Waals surface area contributed by atoms with Crippen LogP contribution in [0.1, 0.15) is 68.2 Å². The first kappa shape index (κ1) is 37.2. The van der Waals surface area contributed by atoms with E-state index in [1.807, 2.05) is 19.1 Å². The Hall–Kier alpha value is -5.04. The Bertz CT molecular complexity index is 2340. The summed E-state index contributed by atoms with van der Waals surface area (Å²) in [6, 6.07) is 21.8.